The standard InChI is InChI=1S/C25H32O5/c1-4-17-25(23(26)28-5-2,24(27)29-6-3)18-16-21-14-10-11-15-22(21)30-19-20-12-8-7-9-13-20/h7-15H,4-6,16-19H2,1-3H3. The van der Waals surface area contributed by atoms with Gasteiger partial charge in [0.25, 0.3) is 0 Å². The van der Waals surface area contributed by atoms with E-state index in [2.05, 4.69) is 0 Å². The van der Waals surface area contributed by atoms with E-state index in [-0.39, 0.29) is 13.2 Å². The van der Waals surface area contributed by atoms with E-state index >= 15 is 0 Å². The van der Waals surface area contributed by atoms with Crippen LogP contribution in [0, 0.1) is 5.41 Å². The van der Waals surface area contributed by atoms with E-state index in [0.29, 0.717) is 32.3 Å². The fourth-order valence-electron chi connectivity index (χ4n) is 3.52. The van der Waals surface area contributed by atoms with Crippen molar-refractivity contribution in [3.05, 3.63) is 65.7 Å². The van der Waals surface area contributed by atoms with Crippen molar-refractivity contribution in [2.24, 2.45) is 5.41 Å². The van der Waals surface area contributed by atoms with Gasteiger partial charge in [0.15, 0.2) is 5.41 Å². The van der Waals surface area contributed by atoms with Crippen LogP contribution in [0.3, 0.4) is 0 Å². The Balaban J connectivity index is 2.21. The molecule has 0 fully saturated rings. The van der Waals surface area contributed by atoms with Crippen LogP contribution in [0.4, 0.5) is 0 Å². The maximum Gasteiger partial charge on any atom is 0.323 e. The van der Waals surface area contributed by atoms with E-state index < -0.39 is 17.4 Å². The van der Waals surface area contributed by atoms with E-state index in [4.69, 9.17) is 14.2 Å². The fourth-order valence-corrected chi connectivity index (χ4v) is 3.52. The maximum absolute atomic E-state index is 12.8. The Hall–Kier alpha value is -2.82. The van der Waals surface area contributed by atoms with Gasteiger partial charge < -0.3 is 14.2 Å². The molecular weight excluding hydrogens is 380 g/mol. The van der Waals surface area contributed by atoms with Crippen molar-refractivity contribution in [2.45, 2.75) is 53.1 Å². The number of hydrogen-bond donors (Lipinski definition) is 0. The third kappa shape index (κ3) is 6.09. The first-order valence-electron chi connectivity index (χ1n) is 10.7. The summed E-state index contributed by atoms with van der Waals surface area (Å²) in [5, 5.41) is 0. The molecule has 0 aliphatic heterocycles. The molecule has 5 nitrogen and oxygen atoms in total. The van der Waals surface area contributed by atoms with Gasteiger partial charge in [-0.25, -0.2) is 0 Å². The van der Waals surface area contributed by atoms with Gasteiger partial charge in [0, 0.05) is 0 Å². The molecule has 0 bridgehead atoms. The van der Waals surface area contributed by atoms with Gasteiger partial charge in [-0.2, -0.15) is 0 Å². The second-order valence-corrected chi connectivity index (χ2v) is 7.16. The zero-order valence-electron chi connectivity index (χ0n) is 18.2. The van der Waals surface area contributed by atoms with Crippen LogP contribution in [0.5, 0.6) is 5.75 Å². The van der Waals surface area contributed by atoms with Crippen LogP contribution in [-0.2, 0) is 32.1 Å². The molecule has 0 heterocycles. The molecule has 0 unspecified atom stereocenters. The van der Waals surface area contributed by atoms with E-state index in [9.17, 15) is 9.59 Å². The van der Waals surface area contributed by atoms with Gasteiger partial charge >= 0.3 is 11.9 Å². The number of carbonyl (C=O) groups is 2. The molecule has 0 amide bonds. The quantitative estimate of drug-likeness (QED) is 0.358. The highest BCUT2D eigenvalue weighted by Gasteiger charge is 2.47. The lowest BCUT2D eigenvalue weighted by atomic mass is 9.78. The first kappa shape index (κ1) is 23.5. The van der Waals surface area contributed by atoms with Crippen LogP contribution in [0.2, 0.25) is 0 Å². The second kappa shape index (κ2) is 12.0. The summed E-state index contributed by atoms with van der Waals surface area (Å²) in [5.74, 6) is -0.263. The second-order valence-electron chi connectivity index (χ2n) is 7.16. The van der Waals surface area contributed by atoms with E-state index in [1.54, 1.807) is 13.8 Å². The fraction of sp³-hybridized carbons (Fsp3) is 0.440. The van der Waals surface area contributed by atoms with Gasteiger partial charge in [-0.3, -0.25) is 9.59 Å². The lowest BCUT2D eigenvalue weighted by Gasteiger charge is -2.29. The lowest BCUT2D eigenvalue weighted by molar-refractivity contribution is -0.173. The SMILES string of the molecule is CCCC(CCc1ccccc1OCc1ccccc1)(C(=O)OCC)C(=O)OCC. The van der Waals surface area contributed by atoms with Crippen molar-refractivity contribution in [2.75, 3.05) is 13.2 Å². The van der Waals surface area contributed by atoms with Crippen molar-refractivity contribution in [1.82, 2.24) is 0 Å². The van der Waals surface area contributed by atoms with Crippen LogP contribution >= 0.6 is 0 Å². The zero-order valence-corrected chi connectivity index (χ0v) is 18.2. The van der Waals surface area contributed by atoms with Crippen LogP contribution < -0.4 is 4.74 Å². The molecule has 0 N–H and O–H groups in total. The van der Waals surface area contributed by atoms with E-state index in [1.807, 2.05) is 61.5 Å². The number of aryl methyl sites for hydroxylation is 1. The predicted molar refractivity (Wildman–Crippen MR) is 116 cm³/mol. The number of ether oxygens (including phenoxy) is 3. The molecule has 162 valence electrons. The first-order chi connectivity index (χ1) is 14.6. The van der Waals surface area contributed by atoms with Crippen LogP contribution in [-0.4, -0.2) is 25.2 Å². The highest BCUT2D eigenvalue weighted by Crippen LogP contribution is 2.35. The topological polar surface area (TPSA) is 61.8 Å². The minimum Gasteiger partial charge on any atom is -0.489 e. The summed E-state index contributed by atoms with van der Waals surface area (Å²) in [6.07, 6.45) is 1.87. The molecule has 0 saturated heterocycles. The monoisotopic (exact) mass is 412 g/mol. The molecule has 0 aromatic heterocycles. The summed E-state index contributed by atoms with van der Waals surface area (Å²) in [6.45, 7) is 6.33. The molecule has 30 heavy (non-hydrogen) atoms. The van der Waals surface area contributed by atoms with Gasteiger partial charge in [0.1, 0.15) is 12.4 Å². The summed E-state index contributed by atoms with van der Waals surface area (Å²) in [7, 11) is 0. The Labute approximate surface area is 179 Å². The Bertz CT molecular complexity index is 782. The number of rotatable bonds is 12. The molecule has 0 spiro atoms. The van der Waals surface area contributed by atoms with Gasteiger partial charge in [0.05, 0.1) is 13.2 Å². The molecule has 2 aromatic rings. The molecule has 0 atom stereocenters. The first-order valence-corrected chi connectivity index (χ1v) is 10.7. The molecule has 0 aliphatic carbocycles. The largest absolute Gasteiger partial charge is 0.489 e. The molecule has 5 heteroatoms. The minimum atomic E-state index is -1.30. The number of esters is 2. The van der Waals surface area contributed by atoms with E-state index in [1.165, 1.54) is 0 Å². The van der Waals surface area contributed by atoms with Crippen LogP contribution in [0.15, 0.2) is 54.6 Å². The summed E-state index contributed by atoms with van der Waals surface area (Å²) >= 11 is 0. The van der Waals surface area contributed by atoms with Crippen LogP contribution in [0.1, 0.15) is 51.2 Å². The number of benzene rings is 2. The molecular formula is C25H32O5. The third-order valence-electron chi connectivity index (χ3n) is 5.04. The highest BCUT2D eigenvalue weighted by atomic mass is 16.6. The minimum absolute atomic E-state index is 0.223. The molecule has 0 radical (unpaired) electrons. The molecule has 2 aromatic carbocycles. The summed E-state index contributed by atoms with van der Waals surface area (Å²) < 4.78 is 16.6. The average Bonchev–Trinajstić information content (AvgIpc) is 2.76. The molecule has 2 rings (SSSR count). The third-order valence-corrected chi connectivity index (χ3v) is 5.04. The van der Waals surface area contributed by atoms with Crippen molar-refractivity contribution < 1.29 is 23.8 Å². The van der Waals surface area contributed by atoms with Gasteiger partial charge in [-0.15, -0.1) is 0 Å². The van der Waals surface area contributed by atoms with Crippen LogP contribution in [0.25, 0.3) is 0 Å². The molecule has 0 aliphatic rings. The Morgan fingerprint density at radius 3 is 2.00 bits per heavy atom. The Kier molecular flexibility index (Phi) is 9.39. The van der Waals surface area contributed by atoms with Crippen molar-refractivity contribution >= 4 is 11.9 Å². The smallest absolute Gasteiger partial charge is 0.323 e. The average molecular weight is 413 g/mol. The number of hydrogen-bond acceptors (Lipinski definition) is 5. The highest BCUT2D eigenvalue weighted by molar-refractivity contribution is 6.00. The zero-order chi connectivity index (χ0) is 21.8. The summed E-state index contributed by atoms with van der Waals surface area (Å²) in [5.41, 5.74) is 0.723. The number of carbonyl (C=O) groups excluding carboxylic acids is 2. The predicted octanol–water partition coefficient (Wildman–Crippen LogP) is 5.11. The Morgan fingerprint density at radius 1 is 0.800 bits per heavy atom. The Morgan fingerprint density at radius 2 is 1.40 bits per heavy atom. The summed E-state index contributed by atoms with van der Waals surface area (Å²) in [4.78, 5) is 25.7. The van der Waals surface area contributed by atoms with Gasteiger partial charge in [-0.1, -0.05) is 61.9 Å². The van der Waals surface area contributed by atoms with Gasteiger partial charge in [0.2, 0.25) is 0 Å². The van der Waals surface area contributed by atoms with Crippen molar-refractivity contribution in [3.8, 4) is 5.75 Å². The van der Waals surface area contributed by atoms with E-state index in [0.717, 1.165) is 16.9 Å². The normalized spacial score (nSPS) is 11.0. The van der Waals surface area contributed by atoms with Crippen molar-refractivity contribution in [3.63, 3.8) is 0 Å². The molecule has 0 saturated carbocycles. The maximum atomic E-state index is 12.8. The lowest BCUT2D eigenvalue weighted by Crippen LogP contribution is -2.42. The van der Waals surface area contributed by atoms with Crippen molar-refractivity contribution in [1.29, 1.82) is 0 Å². The summed E-state index contributed by atoms with van der Waals surface area (Å²) in [6, 6.07) is 17.7. The number of para-hydroxylation sites is 1. The van der Waals surface area contributed by atoms with Gasteiger partial charge in [-0.05, 0) is 50.3 Å².